The highest BCUT2D eigenvalue weighted by Crippen LogP contribution is 2.31. The van der Waals surface area contributed by atoms with Crippen LogP contribution in [-0.4, -0.2) is 16.2 Å². The maximum atomic E-state index is 12.5. The van der Waals surface area contributed by atoms with Gasteiger partial charge in [-0.2, -0.15) is 0 Å². The molecule has 0 aliphatic carbocycles. The molecule has 4 aromatic carbocycles. The van der Waals surface area contributed by atoms with Gasteiger partial charge in [-0.05, 0) is 58.1 Å². The number of phenols is 2. The SMILES string of the molecule is O=C(OCc1ccccc1)c1cccc(-c2cccc(-c3cc(O)cc(O)c3)c2)c1. The van der Waals surface area contributed by atoms with E-state index in [1.807, 2.05) is 66.7 Å². The monoisotopic (exact) mass is 396 g/mol. The Labute approximate surface area is 174 Å². The summed E-state index contributed by atoms with van der Waals surface area (Å²) >= 11 is 0. The highest BCUT2D eigenvalue weighted by atomic mass is 16.5. The van der Waals surface area contributed by atoms with Gasteiger partial charge in [0, 0.05) is 6.07 Å². The molecule has 0 saturated heterocycles. The van der Waals surface area contributed by atoms with Gasteiger partial charge in [0.1, 0.15) is 18.1 Å². The Morgan fingerprint density at radius 3 is 1.93 bits per heavy atom. The molecule has 4 aromatic rings. The van der Waals surface area contributed by atoms with Gasteiger partial charge in [0.25, 0.3) is 0 Å². The minimum absolute atomic E-state index is 0.00133. The fourth-order valence-corrected chi connectivity index (χ4v) is 3.27. The Morgan fingerprint density at radius 2 is 1.23 bits per heavy atom. The van der Waals surface area contributed by atoms with Crippen LogP contribution >= 0.6 is 0 Å². The Bertz CT molecular complexity index is 1160. The molecule has 4 nitrogen and oxygen atoms in total. The Kier molecular flexibility index (Phi) is 5.48. The Balaban J connectivity index is 1.57. The topological polar surface area (TPSA) is 66.8 Å². The summed E-state index contributed by atoms with van der Waals surface area (Å²) in [7, 11) is 0. The zero-order chi connectivity index (χ0) is 20.9. The minimum atomic E-state index is -0.380. The van der Waals surface area contributed by atoms with Crippen molar-refractivity contribution in [2.45, 2.75) is 6.61 Å². The molecule has 0 bridgehead atoms. The number of hydrogen-bond acceptors (Lipinski definition) is 4. The number of benzene rings is 4. The third-order valence-electron chi connectivity index (χ3n) is 4.74. The van der Waals surface area contributed by atoms with Crippen molar-refractivity contribution in [3.8, 4) is 33.8 Å². The van der Waals surface area contributed by atoms with Gasteiger partial charge in [0.15, 0.2) is 0 Å². The van der Waals surface area contributed by atoms with Gasteiger partial charge in [0.2, 0.25) is 0 Å². The largest absolute Gasteiger partial charge is 0.508 e. The lowest BCUT2D eigenvalue weighted by Gasteiger charge is -2.09. The van der Waals surface area contributed by atoms with Crippen LogP contribution in [0.3, 0.4) is 0 Å². The molecule has 0 radical (unpaired) electrons. The summed E-state index contributed by atoms with van der Waals surface area (Å²) in [6.07, 6.45) is 0. The van der Waals surface area contributed by atoms with Gasteiger partial charge in [0.05, 0.1) is 5.56 Å². The Hall–Kier alpha value is -4.05. The van der Waals surface area contributed by atoms with Crippen LogP contribution in [0, 0.1) is 0 Å². The first kappa shape index (κ1) is 19.3. The number of phenolic OH excluding ortho intramolecular Hbond substituents is 2. The fraction of sp³-hybridized carbons (Fsp3) is 0.0385. The molecule has 0 amide bonds. The van der Waals surface area contributed by atoms with E-state index in [1.165, 1.54) is 6.07 Å². The summed E-state index contributed by atoms with van der Waals surface area (Å²) in [6.45, 7) is 0.223. The van der Waals surface area contributed by atoms with Crippen molar-refractivity contribution in [3.05, 3.63) is 108 Å². The van der Waals surface area contributed by atoms with Crippen LogP contribution in [0.1, 0.15) is 15.9 Å². The van der Waals surface area contributed by atoms with Gasteiger partial charge >= 0.3 is 5.97 Å². The van der Waals surface area contributed by atoms with Crippen molar-refractivity contribution in [3.63, 3.8) is 0 Å². The third kappa shape index (κ3) is 4.50. The van der Waals surface area contributed by atoms with Gasteiger partial charge in [-0.25, -0.2) is 4.79 Å². The maximum Gasteiger partial charge on any atom is 0.338 e. The predicted molar refractivity (Wildman–Crippen MR) is 116 cm³/mol. The van der Waals surface area contributed by atoms with Crippen molar-refractivity contribution >= 4 is 5.97 Å². The highest BCUT2D eigenvalue weighted by molar-refractivity contribution is 5.91. The number of rotatable bonds is 5. The molecule has 30 heavy (non-hydrogen) atoms. The number of aromatic hydroxyl groups is 2. The quantitative estimate of drug-likeness (QED) is 0.419. The number of esters is 1. The minimum Gasteiger partial charge on any atom is -0.508 e. The molecular weight excluding hydrogens is 376 g/mol. The molecule has 0 aromatic heterocycles. The molecule has 0 atom stereocenters. The van der Waals surface area contributed by atoms with Crippen molar-refractivity contribution in [2.24, 2.45) is 0 Å². The van der Waals surface area contributed by atoms with Crippen LogP contribution in [0.2, 0.25) is 0 Å². The molecule has 148 valence electrons. The zero-order valence-corrected chi connectivity index (χ0v) is 16.2. The lowest BCUT2D eigenvalue weighted by molar-refractivity contribution is 0.0473. The summed E-state index contributed by atoms with van der Waals surface area (Å²) in [4.78, 5) is 12.5. The molecule has 0 fully saturated rings. The van der Waals surface area contributed by atoms with E-state index in [2.05, 4.69) is 0 Å². The molecule has 0 unspecified atom stereocenters. The zero-order valence-electron chi connectivity index (χ0n) is 16.2. The van der Waals surface area contributed by atoms with Gasteiger partial charge in [-0.15, -0.1) is 0 Å². The van der Waals surface area contributed by atoms with E-state index in [-0.39, 0.29) is 24.1 Å². The highest BCUT2D eigenvalue weighted by Gasteiger charge is 2.10. The molecule has 0 aliphatic rings. The van der Waals surface area contributed by atoms with Gasteiger partial charge < -0.3 is 14.9 Å². The van der Waals surface area contributed by atoms with Crippen LogP contribution in [0.25, 0.3) is 22.3 Å². The average molecular weight is 396 g/mol. The normalized spacial score (nSPS) is 10.5. The number of carbonyl (C=O) groups is 1. The summed E-state index contributed by atoms with van der Waals surface area (Å²) in [5.41, 5.74) is 4.74. The lowest BCUT2D eigenvalue weighted by Crippen LogP contribution is -2.05. The van der Waals surface area contributed by atoms with E-state index < -0.39 is 0 Å². The molecule has 0 aliphatic heterocycles. The van der Waals surface area contributed by atoms with Gasteiger partial charge in [-0.1, -0.05) is 60.7 Å². The summed E-state index contributed by atoms with van der Waals surface area (Å²) in [5, 5.41) is 19.5. The second-order valence-corrected chi connectivity index (χ2v) is 6.96. The number of hydrogen-bond donors (Lipinski definition) is 2. The Morgan fingerprint density at radius 1 is 0.633 bits per heavy atom. The van der Waals surface area contributed by atoms with Crippen molar-refractivity contribution < 1.29 is 19.7 Å². The van der Waals surface area contributed by atoms with E-state index in [0.717, 1.165) is 22.3 Å². The van der Waals surface area contributed by atoms with Crippen LogP contribution in [0.5, 0.6) is 11.5 Å². The molecule has 0 spiro atoms. The van der Waals surface area contributed by atoms with Crippen molar-refractivity contribution in [1.29, 1.82) is 0 Å². The van der Waals surface area contributed by atoms with Crippen LogP contribution < -0.4 is 0 Å². The van der Waals surface area contributed by atoms with E-state index in [0.29, 0.717) is 11.1 Å². The summed E-state index contributed by atoms with van der Waals surface area (Å²) < 4.78 is 5.43. The number of carbonyl (C=O) groups excluding carboxylic acids is 1. The lowest BCUT2D eigenvalue weighted by atomic mass is 9.98. The van der Waals surface area contributed by atoms with Crippen LogP contribution in [0.4, 0.5) is 0 Å². The number of ether oxygens (including phenoxy) is 1. The molecule has 4 rings (SSSR count). The maximum absolute atomic E-state index is 12.5. The fourth-order valence-electron chi connectivity index (χ4n) is 3.27. The van der Waals surface area contributed by atoms with E-state index in [4.69, 9.17) is 4.74 Å². The second kappa shape index (κ2) is 8.53. The van der Waals surface area contributed by atoms with Crippen molar-refractivity contribution in [2.75, 3.05) is 0 Å². The molecule has 0 saturated carbocycles. The molecule has 4 heteroatoms. The average Bonchev–Trinajstić information content (AvgIpc) is 2.78. The standard InChI is InChI=1S/C26H20O4/c27-24-14-23(15-25(28)16-24)21-10-4-8-19(12-21)20-9-5-11-22(13-20)26(29)30-17-18-6-2-1-3-7-18/h1-16,27-28H,17H2. The first-order valence-electron chi connectivity index (χ1n) is 9.53. The molecule has 0 heterocycles. The molecular formula is C26H20O4. The predicted octanol–water partition coefficient (Wildman–Crippen LogP) is 5.79. The van der Waals surface area contributed by atoms with E-state index in [9.17, 15) is 15.0 Å². The first-order valence-corrected chi connectivity index (χ1v) is 9.53. The summed E-state index contributed by atoms with van der Waals surface area (Å²) in [6, 6.07) is 29.0. The smallest absolute Gasteiger partial charge is 0.338 e. The van der Waals surface area contributed by atoms with Gasteiger partial charge in [-0.3, -0.25) is 0 Å². The first-order chi connectivity index (χ1) is 14.6. The van der Waals surface area contributed by atoms with Crippen LogP contribution in [0.15, 0.2) is 97.1 Å². The van der Waals surface area contributed by atoms with Crippen molar-refractivity contribution in [1.82, 2.24) is 0 Å². The van der Waals surface area contributed by atoms with E-state index in [1.54, 1.807) is 24.3 Å². The van der Waals surface area contributed by atoms with Crippen LogP contribution in [-0.2, 0) is 11.3 Å². The van der Waals surface area contributed by atoms with E-state index >= 15 is 0 Å². The second-order valence-electron chi connectivity index (χ2n) is 6.96. The molecule has 2 N–H and O–H groups in total. The summed E-state index contributed by atoms with van der Waals surface area (Å²) in [5.74, 6) is -0.383. The third-order valence-corrected chi connectivity index (χ3v) is 4.74.